The van der Waals surface area contributed by atoms with Gasteiger partial charge in [0.25, 0.3) is 0 Å². The van der Waals surface area contributed by atoms with Gasteiger partial charge in [0.05, 0.1) is 0 Å². The van der Waals surface area contributed by atoms with Gasteiger partial charge >= 0.3 is 0 Å². The molecule has 94 valence electrons. The summed E-state index contributed by atoms with van der Waals surface area (Å²) in [5.74, 6) is 0.768. The molecule has 0 aliphatic rings. The Morgan fingerprint density at radius 1 is 1.53 bits per heavy atom. The molecule has 0 aromatic heterocycles. The molecule has 2 atom stereocenters. The van der Waals surface area contributed by atoms with E-state index in [0.717, 1.165) is 25.0 Å². The van der Waals surface area contributed by atoms with E-state index in [1.165, 1.54) is 0 Å². The van der Waals surface area contributed by atoms with Crippen LogP contribution in [-0.2, 0) is 0 Å². The van der Waals surface area contributed by atoms with E-state index in [1.807, 2.05) is 31.2 Å². The molecule has 0 radical (unpaired) electrons. The molecule has 0 fully saturated rings. The number of allylic oxidation sites excluding steroid dienone is 1. The number of hydrogen-bond donors (Lipinski definition) is 1. The molecule has 2 unspecified atom stereocenters. The number of benzene rings is 1. The topological polar surface area (TPSA) is 35.2 Å². The highest BCUT2D eigenvalue weighted by Gasteiger charge is 2.13. The minimum Gasteiger partial charge on any atom is -0.489 e. The highest BCUT2D eigenvalue weighted by atomic mass is 35.5. The average molecular weight is 254 g/mol. The fourth-order valence-corrected chi connectivity index (χ4v) is 1.76. The van der Waals surface area contributed by atoms with Gasteiger partial charge in [0.1, 0.15) is 11.9 Å². The first-order chi connectivity index (χ1) is 8.13. The van der Waals surface area contributed by atoms with Crippen molar-refractivity contribution >= 4 is 11.6 Å². The van der Waals surface area contributed by atoms with Crippen LogP contribution in [0.1, 0.15) is 26.2 Å². The third-order valence-corrected chi connectivity index (χ3v) is 2.90. The third kappa shape index (κ3) is 5.24. The van der Waals surface area contributed by atoms with Crippen molar-refractivity contribution in [3.63, 3.8) is 0 Å². The monoisotopic (exact) mass is 253 g/mol. The first kappa shape index (κ1) is 14.1. The molecule has 0 spiro atoms. The summed E-state index contributed by atoms with van der Waals surface area (Å²) in [6.07, 6.45) is 4.88. The van der Waals surface area contributed by atoms with Crippen LogP contribution in [0.3, 0.4) is 0 Å². The van der Waals surface area contributed by atoms with Crippen LogP contribution in [0, 0.1) is 0 Å². The first-order valence-electron chi connectivity index (χ1n) is 5.92. The zero-order chi connectivity index (χ0) is 12.7. The van der Waals surface area contributed by atoms with Crippen LogP contribution in [0.4, 0.5) is 0 Å². The Balaban J connectivity index is 2.42. The van der Waals surface area contributed by atoms with Gasteiger partial charge in [-0.2, -0.15) is 0 Å². The Hall–Kier alpha value is -0.990. The number of hydrogen-bond acceptors (Lipinski definition) is 2. The lowest BCUT2D eigenvalue weighted by atomic mass is 10.1. The van der Waals surface area contributed by atoms with Crippen molar-refractivity contribution in [1.82, 2.24) is 0 Å². The standard InChI is InChI=1S/C14H20ClNO/c1-3-4-5-9-14(16)11(2)17-13-8-6-7-12(15)10-13/h3,6-8,10-11,14H,1,4-5,9,16H2,2H3. The minimum absolute atomic E-state index is 0.0155. The zero-order valence-corrected chi connectivity index (χ0v) is 11.0. The summed E-state index contributed by atoms with van der Waals surface area (Å²) >= 11 is 5.89. The molecule has 0 amide bonds. The average Bonchev–Trinajstić information content (AvgIpc) is 2.29. The van der Waals surface area contributed by atoms with Gasteiger partial charge in [-0.25, -0.2) is 0 Å². The fourth-order valence-electron chi connectivity index (χ4n) is 1.57. The predicted molar refractivity (Wildman–Crippen MR) is 73.6 cm³/mol. The lowest BCUT2D eigenvalue weighted by Gasteiger charge is -2.21. The van der Waals surface area contributed by atoms with Crippen LogP contribution in [0.25, 0.3) is 0 Å². The van der Waals surface area contributed by atoms with E-state index < -0.39 is 0 Å². The van der Waals surface area contributed by atoms with Crippen molar-refractivity contribution in [2.75, 3.05) is 0 Å². The first-order valence-corrected chi connectivity index (χ1v) is 6.30. The van der Waals surface area contributed by atoms with Crippen LogP contribution in [0.2, 0.25) is 5.02 Å². The lowest BCUT2D eigenvalue weighted by Crippen LogP contribution is -2.36. The molecule has 0 bridgehead atoms. The molecule has 0 aliphatic carbocycles. The summed E-state index contributed by atoms with van der Waals surface area (Å²) in [5.41, 5.74) is 6.05. The van der Waals surface area contributed by atoms with Crippen molar-refractivity contribution in [2.24, 2.45) is 5.73 Å². The number of rotatable bonds is 7. The summed E-state index contributed by atoms with van der Waals surface area (Å²) in [5, 5.41) is 0.676. The number of nitrogens with two attached hydrogens (primary N) is 1. The smallest absolute Gasteiger partial charge is 0.121 e. The van der Waals surface area contributed by atoms with Crippen LogP contribution in [0.5, 0.6) is 5.75 Å². The van der Waals surface area contributed by atoms with E-state index in [0.29, 0.717) is 5.02 Å². The summed E-state index contributed by atoms with van der Waals surface area (Å²) in [4.78, 5) is 0. The van der Waals surface area contributed by atoms with Gasteiger partial charge < -0.3 is 10.5 Å². The van der Waals surface area contributed by atoms with Gasteiger partial charge in [-0.15, -0.1) is 6.58 Å². The Labute approximate surface area is 108 Å². The Bertz CT molecular complexity index is 354. The minimum atomic E-state index is -0.0155. The summed E-state index contributed by atoms with van der Waals surface area (Å²) in [7, 11) is 0. The van der Waals surface area contributed by atoms with E-state index >= 15 is 0 Å². The molecular formula is C14H20ClNO. The normalized spacial score (nSPS) is 14.1. The van der Waals surface area contributed by atoms with Gasteiger partial charge in [-0.3, -0.25) is 0 Å². The second-order valence-corrected chi connectivity index (χ2v) is 4.60. The van der Waals surface area contributed by atoms with E-state index in [1.54, 1.807) is 6.07 Å². The van der Waals surface area contributed by atoms with Crippen LogP contribution in [-0.4, -0.2) is 12.1 Å². The molecule has 2 nitrogen and oxygen atoms in total. The largest absolute Gasteiger partial charge is 0.489 e. The summed E-state index contributed by atoms with van der Waals surface area (Å²) < 4.78 is 5.75. The van der Waals surface area contributed by atoms with E-state index in [4.69, 9.17) is 22.1 Å². The van der Waals surface area contributed by atoms with Crippen molar-refractivity contribution in [2.45, 2.75) is 38.3 Å². The third-order valence-electron chi connectivity index (χ3n) is 2.67. The molecule has 0 aliphatic heterocycles. The molecule has 1 aromatic carbocycles. The Morgan fingerprint density at radius 3 is 2.94 bits per heavy atom. The van der Waals surface area contributed by atoms with Crippen LogP contribution >= 0.6 is 11.6 Å². The molecule has 0 saturated carbocycles. The van der Waals surface area contributed by atoms with Crippen molar-refractivity contribution in [3.05, 3.63) is 41.9 Å². The number of halogens is 1. The van der Waals surface area contributed by atoms with Crippen LogP contribution < -0.4 is 10.5 Å². The predicted octanol–water partition coefficient (Wildman–Crippen LogP) is 3.79. The van der Waals surface area contributed by atoms with E-state index in [-0.39, 0.29) is 12.1 Å². The quantitative estimate of drug-likeness (QED) is 0.593. The molecule has 1 aromatic rings. The SMILES string of the molecule is C=CCCCC(N)C(C)Oc1cccc(Cl)c1. The second kappa shape index (κ2) is 7.36. The maximum absolute atomic E-state index is 6.05. The van der Waals surface area contributed by atoms with Gasteiger partial charge in [0, 0.05) is 11.1 Å². The zero-order valence-electron chi connectivity index (χ0n) is 10.2. The lowest BCUT2D eigenvalue weighted by molar-refractivity contribution is 0.183. The summed E-state index contributed by atoms with van der Waals surface area (Å²) in [6.45, 7) is 5.68. The van der Waals surface area contributed by atoms with E-state index in [9.17, 15) is 0 Å². The molecule has 0 heterocycles. The molecular weight excluding hydrogens is 234 g/mol. The fraction of sp³-hybridized carbons (Fsp3) is 0.429. The second-order valence-electron chi connectivity index (χ2n) is 4.16. The maximum Gasteiger partial charge on any atom is 0.121 e. The van der Waals surface area contributed by atoms with Crippen LogP contribution in [0.15, 0.2) is 36.9 Å². The van der Waals surface area contributed by atoms with Crippen molar-refractivity contribution in [3.8, 4) is 5.75 Å². The Kier molecular flexibility index (Phi) is 6.09. The van der Waals surface area contributed by atoms with E-state index in [2.05, 4.69) is 6.58 Å². The summed E-state index contributed by atoms with van der Waals surface area (Å²) in [6, 6.07) is 7.42. The van der Waals surface area contributed by atoms with Gasteiger partial charge in [-0.1, -0.05) is 23.7 Å². The number of ether oxygens (including phenoxy) is 1. The van der Waals surface area contributed by atoms with Crippen molar-refractivity contribution in [1.29, 1.82) is 0 Å². The molecule has 1 rings (SSSR count). The van der Waals surface area contributed by atoms with Crippen molar-refractivity contribution < 1.29 is 4.74 Å². The van der Waals surface area contributed by atoms with Gasteiger partial charge in [0.15, 0.2) is 0 Å². The van der Waals surface area contributed by atoms with Gasteiger partial charge in [-0.05, 0) is 44.4 Å². The Morgan fingerprint density at radius 2 is 2.29 bits per heavy atom. The maximum atomic E-state index is 6.05. The molecule has 0 saturated heterocycles. The number of unbranched alkanes of at least 4 members (excludes halogenated alkanes) is 1. The highest BCUT2D eigenvalue weighted by molar-refractivity contribution is 6.30. The highest BCUT2D eigenvalue weighted by Crippen LogP contribution is 2.19. The van der Waals surface area contributed by atoms with Gasteiger partial charge in [0.2, 0.25) is 0 Å². The molecule has 3 heteroatoms. The molecule has 2 N–H and O–H groups in total. The molecule has 17 heavy (non-hydrogen) atoms.